The third-order valence-electron chi connectivity index (χ3n) is 2.83. The molecule has 1 unspecified atom stereocenters. The minimum Gasteiger partial charge on any atom is -0.264 e. The van der Waals surface area contributed by atoms with Crippen molar-refractivity contribution in [1.82, 2.24) is 9.71 Å². The van der Waals surface area contributed by atoms with Crippen LogP contribution >= 0.6 is 15.9 Å². The Balaban J connectivity index is 2.43. The number of benzene rings is 1. The fourth-order valence-corrected chi connectivity index (χ4v) is 4.07. The van der Waals surface area contributed by atoms with E-state index < -0.39 is 10.0 Å². The first-order chi connectivity index (χ1) is 9.04. The average Bonchev–Trinajstić information content (AvgIpc) is 2.37. The molecule has 19 heavy (non-hydrogen) atoms. The van der Waals surface area contributed by atoms with Gasteiger partial charge in [0.15, 0.2) is 0 Å². The summed E-state index contributed by atoms with van der Waals surface area (Å²) in [4.78, 5) is 4.30. The van der Waals surface area contributed by atoms with Crippen molar-refractivity contribution in [3.8, 4) is 0 Å². The van der Waals surface area contributed by atoms with E-state index in [0.29, 0.717) is 10.3 Å². The summed E-state index contributed by atoms with van der Waals surface area (Å²) < 4.78 is 27.5. The number of rotatable bonds is 5. The summed E-state index contributed by atoms with van der Waals surface area (Å²) in [5.41, 5.74) is 0. The molecule has 2 aromatic rings. The van der Waals surface area contributed by atoms with Gasteiger partial charge in [-0.25, -0.2) is 13.1 Å². The molecule has 1 aromatic heterocycles. The van der Waals surface area contributed by atoms with Gasteiger partial charge in [-0.3, -0.25) is 4.98 Å². The molecule has 1 N–H and O–H groups in total. The van der Waals surface area contributed by atoms with Crippen LogP contribution in [0.2, 0.25) is 0 Å². The Bertz CT molecular complexity index is 668. The predicted molar refractivity (Wildman–Crippen MR) is 79.9 cm³/mol. The van der Waals surface area contributed by atoms with Crippen LogP contribution in [-0.4, -0.2) is 24.8 Å². The Labute approximate surface area is 121 Å². The molecule has 6 heteroatoms. The molecule has 0 aliphatic rings. The zero-order chi connectivity index (χ0) is 13.9. The molecule has 0 bridgehead atoms. The maximum atomic E-state index is 12.4. The van der Waals surface area contributed by atoms with E-state index in [1.807, 2.05) is 13.0 Å². The number of halogens is 1. The van der Waals surface area contributed by atoms with Crippen molar-refractivity contribution in [1.29, 1.82) is 0 Å². The van der Waals surface area contributed by atoms with E-state index in [0.717, 1.165) is 17.1 Å². The van der Waals surface area contributed by atoms with Crippen molar-refractivity contribution in [2.45, 2.75) is 24.3 Å². The second kappa shape index (κ2) is 5.98. The fourth-order valence-electron chi connectivity index (χ4n) is 1.88. The zero-order valence-electron chi connectivity index (χ0n) is 10.5. The van der Waals surface area contributed by atoms with Crippen molar-refractivity contribution in [3.05, 3.63) is 36.7 Å². The van der Waals surface area contributed by atoms with E-state index in [9.17, 15) is 8.42 Å². The first-order valence-corrected chi connectivity index (χ1v) is 8.56. The quantitative estimate of drug-likeness (QED) is 0.850. The molecule has 0 aliphatic carbocycles. The number of hydrogen-bond donors (Lipinski definition) is 1. The van der Waals surface area contributed by atoms with Crippen molar-refractivity contribution in [2.75, 3.05) is 5.33 Å². The van der Waals surface area contributed by atoms with Gasteiger partial charge in [0.2, 0.25) is 10.0 Å². The Morgan fingerprint density at radius 3 is 2.89 bits per heavy atom. The number of aromatic nitrogens is 1. The second-order valence-electron chi connectivity index (χ2n) is 4.35. The van der Waals surface area contributed by atoms with Gasteiger partial charge in [0.25, 0.3) is 0 Å². The molecular weight excluding hydrogens is 328 g/mol. The molecule has 4 nitrogen and oxygen atoms in total. The van der Waals surface area contributed by atoms with Crippen LogP contribution in [0.5, 0.6) is 0 Å². The van der Waals surface area contributed by atoms with Gasteiger partial charge in [-0.05, 0) is 25.5 Å². The second-order valence-corrected chi connectivity index (χ2v) is 6.83. The first-order valence-electron chi connectivity index (χ1n) is 5.95. The number of hydrogen-bond acceptors (Lipinski definition) is 3. The molecule has 0 saturated carbocycles. The fraction of sp³-hybridized carbons (Fsp3) is 0.308. The van der Waals surface area contributed by atoms with Crippen molar-refractivity contribution >= 4 is 36.7 Å². The van der Waals surface area contributed by atoms with E-state index in [2.05, 4.69) is 25.6 Å². The minimum absolute atomic E-state index is 0.110. The summed E-state index contributed by atoms with van der Waals surface area (Å²) in [5.74, 6) is 0. The smallest absolute Gasteiger partial charge is 0.241 e. The van der Waals surface area contributed by atoms with Crippen LogP contribution in [0.4, 0.5) is 0 Å². The van der Waals surface area contributed by atoms with Crippen LogP contribution in [0.25, 0.3) is 10.8 Å². The van der Waals surface area contributed by atoms with Crippen molar-refractivity contribution in [2.24, 2.45) is 0 Å². The summed E-state index contributed by atoms with van der Waals surface area (Å²) in [5, 5.41) is 2.27. The standard InChI is InChI=1S/C13H15BrN2O2S/c1-10(5-7-14)16-19(17,18)13-4-2-3-11-9-15-8-6-12(11)13/h2-4,6,8-10,16H,5,7H2,1H3. The van der Waals surface area contributed by atoms with Crippen LogP contribution in [-0.2, 0) is 10.0 Å². The number of alkyl halides is 1. The van der Waals surface area contributed by atoms with E-state index in [1.165, 1.54) is 0 Å². The third kappa shape index (κ3) is 3.32. The molecule has 0 spiro atoms. The van der Waals surface area contributed by atoms with Crippen molar-refractivity contribution < 1.29 is 8.42 Å². The molecular formula is C13H15BrN2O2S. The first kappa shape index (κ1) is 14.4. The van der Waals surface area contributed by atoms with Crippen LogP contribution in [0.3, 0.4) is 0 Å². The van der Waals surface area contributed by atoms with Crippen LogP contribution in [0, 0.1) is 0 Å². The van der Waals surface area contributed by atoms with Gasteiger partial charge in [0, 0.05) is 34.5 Å². The minimum atomic E-state index is -3.51. The maximum absolute atomic E-state index is 12.4. The number of nitrogens with zero attached hydrogens (tertiary/aromatic N) is 1. The van der Waals surface area contributed by atoms with E-state index in [1.54, 1.807) is 30.6 Å². The monoisotopic (exact) mass is 342 g/mol. The lowest BCUT2D eigenvalue weighted by Gasteiger charge is -2.14. The average molecular weight is 343 g/mol. The van der Waals surface area contributed by atoms with E-state index in [-0.39, 0.29) is 6.04 Å². The van der Waals surface area contributed by atoms with Crippen LogP contribution in [0.15, 0.2) is 41.6 Å². The Kier molecular flexibility index (Phi) is 4.54. The summed E-state index contributed by atoms with van der Waals surface area (Å²) in [6, 6.07) is 6.81. The number of nitrogens with one attached hydrogen (secondary N) is 1. The van der Waals surface area contributed by atoms with Crippen molar-refractivity contribution in [3.63, 3.8) is 0 Å². The third-order valence-corrected chi connectivity index (χ3v) is 4.93. The summed E-state index contributed by atoms with van der Waals surface area (Å²) in [6.07, 6.45) is 4.01. The topological polar surface area (TPSA) is 59.1 Å². The molecule has 0 amide bonds. The van der Waals surface area contributed by atoms with Gasteiger partial charge >= 0.3 is 0 Å². The summed E-state index contributed by atoms with van der Waals surface area (Å²) >= 11 is 3.31. The van der Waals surface area contributed by atoms with Gasteiger partial charge in [-0.1, -0.05) is 28.1 Å². The predicted octanol–water partition coefficient (Wildman–Crippen LogP) is 2.69. The van der Waals surface area contributed by atoms with E-state index in [4.69, 9.17) is 0 Å². The van der Waals surface area contributed by atoms with Crippen LogP contribution < -0.4 is 4.72 Å². The lowest BCUT2D eigenvalue weighted by molar-refractivity contribution is 0.558. The van der Waals surface area contributed by atoms with Gasteiger partial charge in [0.05, 0.1) is 4.90 Å². The molecule has 0 fully saturated rings. The summed E-state index contributed by atoms with van der Waals surface area (Å²) in [6.45, 7) is 1.85. The van der Waals surface area contributed by atoms with E-state index >= 15 is 0 Å². The highest BCUT2D eigenvalue weighted by Gasteiger charge is 2.19. The highest BCUT2D eigenvalue weighted by molar-refractivity contribution is 9.09. The maximum Gasteiger partial charge on any atom is 0.241 e. The molecule has 1 heterocycles. The SMILES string of the molecule is CC(CCBr)NS(=O)(=O)c1cccc2cnccc12. The van der Waals surface area contributed by atoms with Gasteiger partial charge in [-0.2, -0.15) is 0 Å². The lowest BCUT2D eigenvalue weighted by Crippen LogP contribution is -2.32. The Morgan fingerprint density at radius 2 is 2.16 bits per heavy atom. The molecule has 0 saturated heterocycles. The number of pyridine rings is 1. The van der Waals surface area contributed by atoms with Gasteiger partial charge in [0.1, 0.15) is 0 Å². The molecule has 0 radical (unpaired) electrons. The molecule has 1 atom stereocenters. The number of sulfonamides is 1. The van der Waals surface area contributed by atoms with Crippen LogP contribution in [0.1, 0.15) is 13.3 Å². The largest absolute Gasteiger partial charge is 0.264 e. The highest BCUT2D eigenvalue weighted by atomic mass is 79.9. The van der Waals surface area contributed by atoms with Gasteiger partial charge < -0.3 is 0 Å². The summed E-state index contributed by atoms with van der Waals surface area (Å²) in [7, 11) is -3.51. The normalized spacial score (nSPS) is 13.6. The molecule has 2 rings (SSSR count). The Morgan fingerprint density at radius 1 is 1.37 bits per heavy atom. The number of fused-ring (bicyclic) bond motifs is 1. The highest BCUT2D eigenvalue weighted by Crippen LogP contribution is 2.22. The molecule has 102 valence electrons. The molecule has 1 aromatic carbocycles. The molecule has 0 aliphatic heterocycles. The van der Waals surface area contributed by atoms with Gasteiger partial charge in [-0.15, -0.1) is 0 Å². The lowest BCUT2D eigenvalue weighted by atomic mass is 10.2. The Hall–Kier alpha value is -0.980. The zero-order valence-corrected chi connectivity index (χ0v) is 12.9.